The number of nitrogens with zero attached hydrogens (tertiary/aromatic N) is 1. The largest absolute Gasteiger partial charge is 0.344 e. The van der Waals surface area contributed by atoms with Crippen molar-refractivity contribution in [2.24, 2.45) is 17.6 Å². The summed E-state index contributed by atoms with van der Waals surface area (Å²) >= 11 is 0. The molecular weight excluding hydrogens is 278 g/mol. The molecule has 0 aromatic carbocycles. The van der Waals surface area contributed by atoms with E-state index in [0.29, 0.717) is 18.4 Å². The number of nitrogens with two attached hydrogens (primary N) is 1. The van der Waals surface area contributed by atoms with Crippen molar-refractivity contribution in [3.05, 3.63) is 0 Å². The molecule has 2 fully saturated rings. The van der Waals surface area contributed by atoms with Crippen molar-refractivity contribution in [1.82, 2.24) is 10.2 Å². The Bertz CT molecular complexity index is 345. The number of halogens is 1. The molecule has 2 unspecified atom stereocenters. The molecule has 1 aliphatic carbocycles. The molecule has 5 nitrogen and oxygen atoms in total. The normalized spacial score (nSPS) is 24.3. The molecule has 1 heterocycles. The maximum atomic E-state index is 12.6. The van der Waals surface area contributed by atoms with Gasteiger partial charge in [0.1, 0.15) is 6.04 Å². The molecule has 0 aromatic heterocycles. The van der Waals surface area contributed by atoms with Crippen LogP contribution < -0.4 is 11.1 Å². The lowest BCUT2D eigenvalue weighted by molar-refractivity contribution is -0.136. The second-order valence-corrected chi connectivity index (χ2v) is 5.90. The highest BCUT2D eigenvalue weighted by Gasteiger charge is 2.36. The average Bonchev–Trinajstić information content (AvgIpc) is 3.05. The molecule has 1 saturated heterocycles. The Labute approximate surface area is 127 Å². The minimum absolute atomic E-state index is 0. The van der Waals surface area contributed by atoms with Gasteiger partial charge in [0.2, 0.25) is 11.8 Å². The fraction of sp³-hybridized carbons (Fsp3) is 0.857. The number of likely N-dealkylation sites (tertiary alicyclic amines) is 1. The zero-order chi connectivity index (χ0) is 13.8. The third-order valence-electron chi connectivity index (χ3n) is 4.43. The quantitative estimate of drug-likeness (QED) is 0.810. The van der Waals surface area contributed by atoms with E-state index < -0.39 is 0 Å². The fourth-order valence-electron chi connectivity index (χ4n) is 3.31. The van der Waals surface area contributed by atoms with Gasteiger partial charge in [0.15, 0.2) is 0 Å². The third kappa shape index (κ3) is 4.09. The van der Waals surface area contributed by atoms with Crippen LogP contribution in [0.1, 0.15) is 39.0 Å². The number of rotatable bonds is 4. The summed E-state index contributed by atoms with van der Waals surface area (Å²) in [5.74, 6) is 0.719. The van der Waals surface area contributed by atoms with Gasteiger partial charge in [0, 0.05) is 20.0 Å². The molecule has 2 amide bonds. The predicted molar refractivity (Wildman–Crippen MR) is 80.6 cm³/mol. The first kappa shape index (κ1) is 17.2. The van der Waals surface area contributed by atoms with E-state index in [0.717, 1.165) is 32.4 Å². The van der Waals surface area contributed by atoms with Crippen LogP contribution in [-0.2, 0) is 9.59 Å². The number of carbonyl (C=O) groups is 2. The molecule has 3 N–H and O–H groups in total. The van der Waals surface area contributed by atoms with E-state index in [1.165, 1.54) is 19.8 Å². The molecule has 2 rings (SSSR count). The van der Waals surface area contributed by atoms with E-state index in [1.807, 2.05) is 4.90 Å². The van der Waals surface area contributed by atoms with Crippen molar-refractivity contribution < 1.29 is 9.59 Å². The standard InChI is InChI=1S/C14H25N3O2.ClH/c1-10(18)16-13(12-4-2-3-5-12)14(19)17-7-6-11(8-15)9-17;/h11-13H,2-9,15H2,1H3,(H,16,18);1H. The van der Waals surface area contributed by atoms with Crippen LogP contribution in [0.15, 0.2) is 0 Å². The molecule has 0 radical (unpaired) electrons. The topological polar surface area (TPSA) is 75.4 Å². The van der Waals surface area contributed by atoms with E-state index >= 15 is 0 Å². The molecule has 1 saturated carbocycles. The Morgan fingerprint density at radius 2 is 1.95 bits per heavy atom. The smallest absolute Gasteiger partial charge is 0.245 e. The Morgan fingerprint density at radius 1 is 1.30 bits per heavy atom. The van der Waals surface area contributed by atoms with Gasteiger partial charge in [0.05, 0.1) is 0 Å². The van der Waals surface area contributed by atoms with Crippen LogP contribution in [0.4, 0.5) is 0 Å². The first-order chi connectivity index (χ1) is 9.11. The first-order valence-electron chi connectivity index (χ1n) is 7.37. The molecule has 116 valence electrons. The maximum Gasteiger partial charge on any atom is 0.245 e. The highest BCUT2D eigenvalue weighted by Crippen LogP contribution is 2.29. The molecule has 0 aromatic rings. The zero-order valence-corrected chi connectivity index (χ0v) is 13.0. The summed E-state index contributed by atoms with van der Waals surface area (Å²) in [6.45, 7) is 3.65. The lowest BCUT2D eigenvalue weighted by Crippen LogP contribution is -2.50. The first-order valence-corrected chi connectivity index (χ1v) is 7.37. The molecule has 1 aliphatic heterocycles. The SMILES string of the molecule is CC(=O)NC(C(=O)N1CCC(CN)C1)C1CCCC1.Cl. The minimum atomic E-state index is -0.323. The van der Waals surface area contributed by atoms with E-state index in [9.17, 15) is 9.59 Å². The van der Waals surface area contributed by atoms with Crippen molar-refractivity contribution in [2.45, 2.75) is 45.1 Å². The van der Waals surface area contributed by atoms with Gasteiger partial charge in [-0.05, 0) is 37.6 Å². The highest BCUT2D eigenvalue weighted by molar-refractivity contribution is 5.87. The summed E-state index contributed by atoms with van der Waals surface area (Å²) in [6, 6.07) is -0.323. The number of hydrogen-bond acceptors (Lipinski definition) is 3. The Balaban J connectivity index is 0.00000200. The van der Waals surface area contributed by atoms with E-state index in [2.05, 4.69) is 5.32 Å². The van der Waals surface area contributed by atoms with Gasteiger partial charge in [-0.1, -0.05) is 12.8 Å². The van der Waals surface area contributed by atoms with E-state index in [-0.39, 0.29) is 30.3 Å². The van der Waals surface area contributed by atoms with Crippen molar-refractivity contribution in [3.63, 3.8) is 0 Å². The number of hydrogen-bond donors (Lipinski definition) is 2. The van der Waals surface area contributed by atoms with Gasteiger partial charge in [0.25, 0.3) is 0 Å². The van der Waals surface area contributed by atoms with Crippen LogP contribution in [-0.4, -0.2) is 42.4 Å². The second kappa shape index (κ2) is 7.84. The predicted octanol–water partition coefficient (Wildman–Crippen LogP) is 0.910. The van der Waals surface area contributed by atoms with Crippen LogP contribution in [0, 0.1) is 11.8 Å². The molecular formula is C14H26ClN3O2. The molecule has 2 aliphatic rings. The maximum absolute atomic E-state index is 12.6. The van der Waals surface area contributed by atoms with Crippen molar-refractivity contribution >= 4 is 24.2 Å². The Morgan fingerprint density at radius 3 is 2.45 bits per heavy atom. The summed E-state index contributed by atoms with van der Waals surface area (Å²) in [4.78, 5) is 25.8. The fourth-order valence-corrected chi connectivity index (χ4v) is 3.31. The van der Waals surface area contributed by atoms with Crippen LogP contribution in [0.3, 0.4) is 0 Å². The lowest BCUT2D eigenvalue weighted by atomic mass is 9.96. The van der Waals surface area contributed by atoms with Gasteiger partial charge < -0.3 is 16.0 Å². The highest BCUT2D eigenvalue weighted by atomic mass is 35.5. The molecule has 2 atom stereocenters. The molecule has 0 spiro atoms. The van der Waals surface area contributed by atoms with Gasteiger partial charge in [-0.3, -0.25) is 9.59 Å². The van der Waals surface area contributed by atoms with E-state index in [4.69, 9.17) is 5.73 Å². The molecule has 20 heavy (non-hydrogen) atoms. The van der Waals surface area contributed by atoms with Gasteiger partial charge >= 0.3 is 0 Å². The number of carbonyl (C=O) groups excluding carboxylic acids is 2. The Hall–Kier alpha value is -0.810. The summed E-state index contributed by atoms with van der Waals surface area (Å²) < 4.78 is 0. The van der Waals surface area contributed by atoms with Crippen LogP contribution >= 0.6 is 12.4 Å². The average molecular weight is 304 g/mol. The number of nitrogens with one attached hydrogen (secondary N) is 1. The summed E-state index contributed by atoms with van der Waals surface area (Å²) in [6.07, 6.45) is 5.41. The van der Waals surface area contributed by atoms with Crippen molar-refractivity contribution in [3.8, 4) is 0 Å². The molecule has 6 heteroatoms. The third-order valence-corrected chi connectivity index (χ3v) is 4.43. The van der Waals surface area contributed by atoms with Gasteiger partial charge in [-0.2, -0.15) is 0 Å². The van der Waals surface area contributed by atoms with Crippen molar-refractivity contribution in [2.75, 3.05) is 19.6 Å². The van der Waals surface area contributed by atoms with Crippen molar-refractivity contribution in [1.29, 1.82) is 0 Å². The van der Waals surface area contributed by atoms with E-state index in [1.54, 1.807) is 0 Å². The van der Waals surface area contributed by atoms with Crippen LogP contribution in [0.2, 0.25) is 0 Å². The monoisotopic (exact) mass is 303 g/mol. The summed E-state index contributed by atoms with van der Waals surface area (Å²) in [5, 5.41) is 2.87. The lowest BCUT2D eigenvalue weighted by Gasteiger charge is -2.28. The van der Waals surface area contributed by atoms with Crippen LogP contribution in [0.25, 0.3) is 0 Å². The number of amides is 2. The van der Waals surface area contributed by atoms with Gasteiger partial charge in [-0.25, -0.2) is 0 Å². The Kier molecular flexibility index (Phi) is 6.76. The minimum Gasteiger partial charge on any atom is -0.344 e. The van der Waals surface area contributed by atoms with Gasteiger partial charge in [-0.15, -0.1) is 12.4 Å². The summed E-state index contributed by atoms with van der Waals surface area (Å²) in [7, 11) is 0. The second-order valence-electron chi connectivity index (χ2n) is 5.90. The zero-order valence-electron chi connectivity index (χ0n) is 12.1. The molecule has 0 bridgehead atoms. The summed E-state index contributed by atoms with van der Waals surface area (Å²) in [5.41, 5.74) is 5.67. The van der Waals surface area contributed by atoms with Crippen LogP contribution in [0.5, 0.6) is 0 Å².